The Morgan fingerprint density at radius 2 is 2.05 bits per heavy atom. The average Bonchev–Trinajstić information content (AvgIpc) is 2.71. The van der Waals surface area contributed by atoms with E-state index in [1.165, 1.54) is 11.3 Å². The third kappa shape index (κ3) is 3.96. The van der Waals surface area contributed by atoms with Crippen LogP contribution < -0.4 is 5.32 Å². The summed E-state index contributed by atoms with van der Waals surface area (Å²) in [6.07, 6.45) is 1.87. The predicted molar refractivity (Wildman–Crippen MR) is 89.4 cm³/mol. The maximum atomic E-state index is 12.5. The van der Waals surface area contributed by atoms with Crippen molar-refractivity contribution >= 4 is 49.7 Å². The quantitative estimate of drug-likeness (QED) is 0.841. The van der Waals surface area contributed by atoms with Crippen LogP contribution in [0.5, 0.6) is 0 Å². The molecule has 1 N–H and O–H groups in total. The highest BCUT2D eigenvalue weighted by Gasteiger charge is 2.30. The number of aryl methyl sites for hydroxylation is 1. The van der Waals surface area contributed by atoms with Gasteiger partial charge in [0, 0.05) is 13.1 Å². The molecule has 1 aromatic heterocycles. The number of hydrogen-bond donors (Lipinski definition) is 1. The van der Waals surface area contributed by atoms with Crippen molar-refractivity contribution in [3.8, 4) is 0 Å². The van der Waals surface area contributed by atoms with Gasteiger partial charge in [-0.15, -0.1) is 23.7 Å². The maximum absolute atomic E-state index is 12.5. The number of thiophene rings is 1. The second kappa shape index (κ2) is 7.56. The third-order valence-electron chi connectivity index (χ3n) is 3.50. The Labute approximate surface area is 139 Å². The van der Waals surface area contributed by atoms with Crippen LogP contribution >= 0.6 is 39.7 Å². The highest BCUT2D eigenvalue weighted by atomic mass is 79.9. The zero-order chi connectivity index (χ0) is 14.0. The Balaban J connectivity index is 0.00000200. The lowest BCUT2D eigenvalue weighted by Crippen LogP contribution is -2.40. The molecule has 0 atom stereocenters. The minimum Gasteiger partial charge on any atom is -0.319 e. The van der Waals surface area contributed by atoms with E-state index in [1.54, 1.807) is 10.4 Å². The highest BCUT2D eigenvalue weighted by molar-refractivity contribution is 9.11. The zero-order valence-electron chi connectivity index (χ0n) is 11.6. The van der Waals surface area contributed by atoms with Gasteiger partial charge in [0.15, 0.2) is 0 Å². The van der Waals surface area contributed by atoms with Crippen molar-refractivity contribution in [3.63, 3.8) is 0 Å². The summed E-state index contributed by atoms with van der Waals surface area (Å²) in [5, 5.41) is 3.16. The van der Waals surface area contributed by atoms with Gasteiger partial charge in [-0.05, 0) is 66.8 Å². The zero-order valence-corrected chi connectivity index (χ0v) is 15.6. The van der Waals surface area contributed by atoms with E-state index in [2.05, 4.69) is 21.2 Å². The fourth-order valence-electron chi connectivity index (χ4n) is 2.33. The Bertz CT molecular complexity index is 520. The van der Waals surface area contributed by atoms with Crippen molar-refractivity contribution in [2.24, 2.45) is 5.92 Å². The van der Waals surface area contributed by atoms with E-state index in [9.17, 15) is 8.42 Å². The molecule has 0 radical (unpaired) electrons. The monoisotopic (exact) mass is 402 g/mol. The molecule has 20 heavy (non-hydrogen) atoms. The van der Waals surface area contributed by atoms with Crippen molar-refractivity contribution < 1.29 is 8.42 Å². The van der Waals surface area contributed by atoms with Crippen LogP contribution in [0.3, 0.4) is 0 Å². The normalized spacial score (nSPS) is 17.9. The fourth-order valence-corrected chi connectivity index (χ4v) is 6.18. The molecule has 0 bridgehead atoms. The van der Waals surface area contributed by atoms with Gasteiger partial charge in [-0.2, -0.15) is 4.31 Å². The second-order valence-electron chi connectivity index (χ2n) is 4.93. The van der Waals surface area contributed by atoms with E-state index < -0.39 is 10.0 Å². The van der Waals surface area contributed by atoms with Gasteiger partial charge in [0.25, 0.3) is 10.0 Å². The Hall–Kier alpha value is 0.340. The summed E-state index contributed by atoms with van der Waals surface area (Å²) in [7, 11) is -1.36. The standard InChI is InChI=1S/C12H19BrN2O2S2.ClH/c1-9-7-11(18-12(9)13)19(16,17)15-5-3-10(4-6-15)8-14-2;/h7,10,14H,3-6,8H2,1-2H3;1H. The Morgan fingerprint density at radius 3 is 2.50 bits per heavy atom. The molecule has 0 unspecified atom stereocenters. The number of halogens is 2. The first kappa shape index (κ1) is 18.4. The number of hydrogen-bond acceptors (Lipinski definition) is 4. The Morgan fingerprint density at radius 1 is 1.45 bits per heavy atom. The topological polar surface area (TPSA) is 49.4 Å². The lowest BCUT2D eigenvalue weighted by atomic mass is 9.98. The first-order valence-electron chi connectivity index (χ1n) is 6.36. The smallest absolute Gasteiger partial charge is 0.252 e. The van der Waals surface area contributed by atoms with Crippen molar-refractivity contribution in [1.29, 1.82) is 0 Å². The summed E-state index contributed by atoms with van der Waals surface area (Å²) in [6, 6.07) is 1.75. The summed E-state index contributed by atoms with van der Waals surface area (Å²) in [6.45, 7) is 4.14. The fraction of sp³-hybridized carbons (Fsp3) is 0.667. The molecular formula is C12H20BrClN2O2S2. The van der Waals surface area contributed by atoms with Crippen molar-refractivity contribution in [2.75, 3.05) is 26.7 Å². The van der Waals surface area contributed by atoms with Gasteiger partial charge < -0.3 is 5.32 Å². The van der Waals surface area contributed by atoms with Crippen LogP contribution in [0, 0.1) is 12.8 Å². The van der Waals surface area contributed by atoms with E-state index >= 15 is 0 Å². The van der Waals surface area contributed by atoms with Crippen molar-refractivity contribution in [2.45, 2.75) is 24.0 Å². The molecule has 1 fully saturated rings. The number of nitrogens with zero attached hydrogens (tertiary/aromatic N) is 1. The third-order valence-corrected chi connectivity index (χ3v) is 7.98. The minimum atomic E-state index is -3.30. The van der Waals surface area contributed by atoms with E-state index in [1.807, 2.05) is 14.0 Å². The molecule has 0 spiro atoms. The van der Waals surface area contributed by atoms with Gasteiger partial charge >= 0.3 is 0 Å². The molecule has 0 aromatic carbocycles. The van der Waals surface area contributed by atoms with Gasteiger partial charge in [-0.3, -0.25) is 0 Å². The van der Waals surface area contributed by atoms with Crippen molar-refractivity contribution in [3.05, 3.63) is 15.4 Å². The van der Waals surface area contributed by atoms with Crippen LogP contribution in [-0.4, -0.2) is 39.4 Å². The summed E-state index contributed by atoms with van der Waals surface area (Å²) in [4.78, 5) is 0. The SMILES string of the molecule is CNCC1CCN(S(=O)(=O)c2cc(C)c(Br)s2)CC1.Cl. The summed E-state index contributed by atoms with van der Waals surface area (Å²) in [5.74, 6) is 0.591. The molecule has 1 saturated heterocycles. The molecule has 0 amide bonds. The Kier molecular flexibility index (Phi) is 6.95. The number of sulfonamides is 1. The van der Waals surface area contributed by atoms with Crippen LogP contribution in [0.25, 0.3) is 0 Å². The van der Waals surface area contributed by atoms with E-state index in [-0.39, 0.29) is 12.4 Å². The molecule has 116 valence electrons. The van der Waals surface area contributed by atoms with E-state index in [0.717, 1.165) is 28.7 Å². The summed E-state index contributed by atoms with van der Waals surface area (Å²) in [5.41, 5.74) is 0.980. The largest absolute Gasteiger partial charge is 0.319 e. The van der Waals surface area contributed by atoms with Gasteiger partial charge in [-0.25, -0.2) is 8.42 Å². The maximum Gasteiger partial charge on any atom is 0.252 e. The first-order chi connectivity index (χ1) is 8.95. The summed E-state index contributed by atoms with van der Waals surface area (Å²) >= 11 is 4.69. The van der Waals surface area contributed by atoms with E-state index in [0.29, 0.717) is 23.2 Å². The number of nitrogens with one attached hydrogen (secondary N) is 1. The predicted octanol–water partition coefficient (Wildman–Crippen LogP) is 2.86. The second-order valence-corrected chi connectivity index (χ2v) is 9.46. The lowest BCUT2D eigenvalue weighted by Gasteiger charge is -2.30. The van der Waals surface area contributed by atoms with Gasteiger partial charge in [-0.1, -0.05) is 0 Å². The molecule has 2 rings (SSSR count). The lowest BCUT2D eigenvalue weighted by molar-refractivity contribution is 0.271. The van der Waals surface area contributed by atoms with Gasteiger partial charge in [0.2, 0.25) is 0 Å². The number of rotatable bonds is 4. The summed E-state index contributed by atoms with van der Waals surface area (Å²) < 4.78 is 28.0. The molecule has 8 heteroatoms. The van der Waals surface area contributed by atoms with Crippen LogP contribution in [0.2, 0.25) is 0 Å². The van der Waals surface area contributed by atoms with Crippen molar-refractivity contribution in [1.82, 2.24) is 9.62 Å². The van der Waals surface area contributed by atoms with Crippen LogP contribution in [-0.2, 0) is 10.0 Å². The van der Waals surface area contributed by atoms with Gasteiger partial charge in [0.05, 0.1) is 3.79 Å². The molecule has 1 aromatic rings. The highest BCUT2D eigenvalue weighted by Crippen LogP contribution is 2.33. The average molecular weight is 404 g/mol. The van der Waals surface area contributed by atoms with Crippen LogP contribution in [0.1, 0.15) is 18.4 Å². The molecule has 0 aliphatic carbocycles. The molecule has 4 nitrogen and oxygen atoms in total. The van der Waals surface area contributed by atoms with Crippen LogP contribution in [0.4, 0.5) is 0 Å². The molecule has 0 saturated carbocycles. The van der Waals surface area contributed by atoms with Gasteiger partial charge in [0.1, 0.15) is 4.21 Å². The molecular weight excluding hydrogens is 384 g/mol. The van der Waals surface area contributed by atoms with Crippen LogP contribution in [0.15, 0.2) is 14.1 Å². The minimum absolute atomic E-state index is 0. The number of piperidine rings is 1. The molecule has 2 heterocycles. The molecule has 1 aliphatic rings. The first-order valence-corrected chi connectivity index (χ1v) is 9.40. The molecule has 1 aliphatic heterocycles. The van der Waals surface area contributed by atoms with E-state index in [4.69, 9.17) is 0 Å².